The monoisotopic (exact) mass is 422 g/mol. The third-order valence-corrected chi connectivity index (χ3v) is 5.05. The number of benzene rings is 2. The third-order valence-electron chi connectivity index (χ3n) is 4.26. The maximum Gasteiger partial charge on any atom is 0.278 e. The average molecular weight is 424 g/mol. The van der Waals surface area contributed by atoms with Gasteiger partial charge in [-0.2, -0.15) is 0 Å². The van der Waals surface area contributed by atoms with E-state index < -0.39 is 0 Å². The Balaban J connectivity index is 2.14. The van der Waals surface area contributed by atoms with Crippen LogP contribution < -0.4 is 5.32 Å². The van der Waals surface area contributed by atoms with Crippen LogP contribution in [0.4, 0.5) is 5.69 Å². The first-order valence-corrected chi connectivity index (χ1v) is 9.56. The Morgan fingerprint density at radius 2 is 1.63 bits per heavy atom. The van der Waals surface area contributed by atoms with Crippen LogP contribution in [0.15, 0.2) is 42.1 Å². The number of rotatable bonds is 5. The molecule has 1 aliphatic rings. The second-order valence-electron chi connectivity index (χ2n) is 6.22. The Morgan fingerprint density at radius 1 is 0.963 bits per heavy atom. The van der Waals surface area contributed by atoms with Gasteiger partial charge in [0.05, 0.1) is 10.6 Å². The van der Waals surface area contributed by atoms with Crippen molar-refractivity contribution in [1.29, 1.82) is 0 Å². The van der Waals surface area contributed by atoms with Crippen molar-refractivity contribution in [2.75, 3.05) is 11.9 Å². The molecule has 1 heterocycles. The molecular weight excluding hydrogens is 407 g/mol. The van der Waals surface area contributed by atoms with Crippen molar-refractivity contribution in [2.24, 2.45) is 0 Å². The largest absolute Gasteiger partial charge is 0.350 e. The second-order valence-corrected chi connectivity index (χ2v) is 7.50. The molecule has 7 heteroatoms. The van der Waals surface area contributed by atoms with E-state index in [1.54, 1.807) is 36.4 Å². The van der Waals surface area contributed by atoms with E-state index in [2.05, 4.69) is 5.32 Å². The summed E-state index contributed by atoms with van der Waals surface area (Å²) < 4.78 is 0. The number of hydrogen-bond acceptors (Lipinski definition) is 3. The summed E-state index contributed by atoms with van der Waals surface area (Å²) in [5.74, 6) is -0.752. The molecule has 0 spiro atoms. The van der Waals surface area contributed by atoms with Gasteiger partial charge in [-0.1, -0.05) is 47.8 Å². The van der Waals surface area contributed by atoms with Crippen LogP contribution >= 0.6 is 34.8 Å². The van der Waals surface area contributed by atoms with Gasteiger partial charge in [0.15, 0.2) is 0 Å². The molecule has 2 amide bonds. The number of carbonyl (C=O) groups excluding carboxylic acids is 2. The predicted octanol–water partition coefficient (Wildman–Crippen LogP) is 5.56. The summed E-state index contributed by atoms with van der Waals surface area (Å²) in [6, 6.07) is 10.1. The zero-order chi connectivity index (χ0) is 19.7. The van der Waals surface area contributed by atoms with Crippen LogP contribution in [-0.2, 0) is 9.59 Å². The van der Waals surface area contributed by atoms with Crippen molar-refractivity contribution in [2.45, 2.75) is 20.3 Å². The Morgan fingerprint density at radius 3 is 2.26 bits per heavy atom. The van der Waals surface area contributed by atoms with Crippen LogP contribution in [0.1, 0.15) is 24.5 Å². The fourth-order valence-electron chi connectivity index (χ4n) is 2.96. The lowest BCUT2D eigenvalue weighted by Crippen LogP contribution is -2.33. The zero-order valence-corrected chi connectivity index (χ0v) is 17.0. The molecule has 1 N–H and O–H groups in total. The Kier molecular flexibility index (Phi) is 5.80. The van der Waals surface area contributed by atoms with Gasteiger partial charge in [-0.15, -0.1) is 0 Å². The summed E-state index contributed by atoms with van der Waals surface area (Å²) in [6.45, 7) is 4.11. The normalized spacial score (nSPS) is 14.3. The lowest BCUT2D eigenvalue weighted by molar-refractivity contribution is -0.136. The highest BCUT2D eigenvalue weighted by Gasteiger charge is 2.39. The van der Waals surface area contributed by atoms with E-state index in [9.17, 15) is 9.59 Å². The van der Waals surface area contributed by atoms with Gasteiger partial charge in [-0.25, -0.2) is 0 Å². The fraction of sp³-hybridized carbons (Fsp3) is 0.200. The number of nitrogens with one attached hydrogen (secondary N) is 1. The Hall–Kier alpha value is -2.01. The summed E-state index contributed by atoms with van der Waals surface area (Å²) >= 11 is 18.3. The van der Waals surface area contributed by atoms with Crippen molar-refractivity contribution in [3.05, 3.63) is 68.3 Å². The summed E-state index contributed by atoms with van der Waals surface area (Å²) in [6.07, 6.45) is 0.659. The number of carbonyl (C=O) groups is 2. The molecule has 0 unspecified atom stereocenters. The second kappa shape index (κ2) is 7.93. The summed E-state index contributed by atoms with van der Waals surface area (Å²) in [5, 5.41) is 4.47. The van der Waals surface area contributed by atoms with Gasteiger partial charge >= 0.3 is 0 Å². The van der Waals surface area contributed by atoms with E-state index in [4.69, 9.17) is 34.8 Å². The van der Waals surface area contributed by atoms with Gasteiger partial charge in [0.25, 0.3) is 11.8 Å². The fourth-order valence-corrected chi connectivity index (χ4v) is 3.69. The van der Waals surface area contributed by atoms with E-state index in [-0.39, 0.29) is 23.1 Å². The van der Waals surface area contributed by atoms with E-state index >= 15 is 0 Å². The Labute approximate surface area is 172 Å². The third kappa shape index (κ3) is 3.84. The molecule has 0 atom stereocenters. The van der Waals surface area contributed by atoms with Gasteiger partial charge in [0, 0.05) is 27.8 Å². The van der Waals surface area contributed by atoms with Crippen LogP contribution in [0.5, 0.6) is 0 Å². The SMILES string of the molecule is CCCN1C(=O)C(Nc2ccc(Cl)cc2C)=C(c2ccc(Cl)cc2Cl)C1=O. The number of nitrogens with zero attached hydrogens (tertiary/aromatic N) is 1. The maximum atomic E-state index is 13.0. The first-order valence-electron chi connectivity index (χ1n) is 8.42. The van der Waals surface area contributed by atoms with Gasteiger partial charge in [0.1, 0.15) is 5.70 Å². The lowest BCUT2D eigenvalue weighted by atomic mass is 10.0. The number of anilines is 1. The molecule has 0 bridgehead atoms. The van der Waals surface area contributed by atoms with Crippen LogP contribution in [-0.4, -0.2) is 23.3 Å². The van der Waals surface area contributed by atoms with Crippen LogP contribution in [0.2, 0.25) is 15.1 Å². The Bertz CT molecular complexity index is 970. The summed E-state index contributed by atoms with van der Waals surface area (Å²) in [5.41, 5.74) is 2.45. The molecule has 0 aromatic heterocycles. The molecule has 0 saturated heterocycles. The van der Waals surface area contributed by atoms with Crippen LogP contribution in [0.3, 0.4) is 0 Å². The molecule has 140 valence electrons. The molecule has 3 rings (SSSR count). The number of halogens is 3. The van der Waals surface area contributed by atoms with E-state index in [0.29, 0.717) is 39.3 Å². The van der Waals surface area contributed by atoms with Crippen LogP contribution in [0.25, 0.3) is 5.57 Å². The van der Waals surface area contributed by atoms with E-state index in [1.165, 1.54) is 4.90 Å². The van der Waals surface area contributed by atoms with Crippen LogP contribution in [0, 0.1) is 6.92 Å². The molecule has 0 fully saturated rings. The first-order chi connectivity index (χ1) is 12.8. The van der Waals surface area contributed by atoms with E-state index in [0.717, 1.165) is 5.56 Å². The number of aryl methyl sites for hydroxylation is 1. The molecule has 2 aromatic rings. The smallest absolute Gasteiger partial charge is 0.278 e. The average Bonchev–Trinajstić information content (AvgIpc) is 2.82. The first kappa shape index (κ1) is 19.7. The zero-order valence-electron chi connectivity index (χ0n) is 14.8. The highest BCUT2D eigenvalue weighted by atomic mass is 35.5. The van der Waals surface area contributed by atoms with Gasteiger partial charge in [-0.05, 0) is 49.2 Å². The number of imide groups is 1. The topological polar surface area (TPSA) is 49.4 Å². The van der Waals surface area contributed by atoms with Crippen molar-refractivity contribution >= 4 is 57.9 Å². The number of amides is 2. The maximum absolute atomic E-state index is 13.0. The minimum Gasteiger partial charge on any atom is -0.350 e. The molecule has 0 saturated carbocycles. The molecule has 2 aromatic carbocycles. The van der Waals surface area contributed by atoms with Gasteiger partial charge < -0.3 is 5.32 Å². The molecule has 27 heavy (non-hydrogen) atoms. The quantitative estimate of drug-likeness (QED) is 0.641. The molecule has 0 aliphatic carbocycles. The minimum atomic E-state index is -0.378. The highest BCUT2D eigenvalue weighted by Crippen LogP contribution is 2.36. The van der Waals surface area contributed by atoms with Gasteiger partial charge in [-0.3, -0.25) is 14.5 Å². The molecular formula is C20H17Cl3N2O2. The van der Waals surface area contributed by atoms with E-state index in [1.807, 2.05) is 13.8 Å². The molecule has 1 aliphatic heterocycles. The lowest BCUT2D eigenvalue weighted by Gasteiger charge is -2.14. The van der Waals surface area contributed by atoms with Crippen molar-refractivity contribution < 1.29 is 9.59 Å². The highest BCUT2D eigenvalue weighted by molar-refractivity contribution is 6.41. The van der Waals surface area contributed by atoms with Gasteiger partial charge in [0.2, 0.25) is 0 Å². The minimum absolute atomic E-state index is 0.197. The van der Waals surface area contributed by atoms with Crippen molar-refractivity contribution in [1.82, 2.24) is 4.90 Å². The molecule has 0 radical (unpaired) electrons. The summed E-state index contributed by atoms with van der Waals surface area (Å²) in [7, 11) is 0. The van der Waals surface area contributed by atoms with Crippen molar-refractivity contribution in [3.63, 3.8) is 0 Å². The predicted molar refractivity (Wildman–Crippen MR) is 110 cm³/mol. The summed E-state index contributed by atoms with van der Waals surface area (Å²) in [4.78, 5) is 27.1. The standard InChI is InChI=1S/C20H17Cl3N2O2/c1-3-8-25-19(26)17(14-6-4-13(22)10-15(14)23)18(20(25)27)24-16-7-5-12(21)9-11(16)2/h4-7,9-10,24H,3,8H2,1-2H3. The van der Waals surface area contributed by atoms with Crippen molar-refractivity contribution in [3.8, 4) is 0 Å². The number of hydrogen-bond donors (Lipinski definition) is 1. The molecule has 4 nitrogen and oxygen atoms in total.